The van der Waals surface area contributed by atoms with Crippen LogP contribution in [0.2, 0.25) is 0 Å². The molecule has 2 unspecified atom stereocenters. The van der Waals surface area contributed by atoms with Gasteiger partial charge in [-0.15, -0.1) is 0 Å². The Kier molecular flexibility index (Phi) is 4.95. The van der Waals surface area contributed by atoms with Crippen molar-refractivity contribution in [2.75, 3.05) is 6.54 Å². The maximum Gasteiger partial charge on any atom is 0.191 e. The SMILES string of the molecule is CCNC(=NCc1cccc(Cn2ccnc2)c1)NC1CC1C. The number of guanidine groups is 1. The Morgan fingerprint density at radius 3 is 2.91 bits per heavy atom. The largest absolute Gasteiger partial charge is 0.357 e. The van der Waals surface area contributed by atoms with Gasteiger partial charge in [-0.2, -0.15) is 0 Å². The van der Waals surface area contributed by atoms with E-state index in [4.69, 9.17) is 4.99 Å². The summed E-state index contributed by atoms with van der Waals surface area (Å²) >= 11 is 0. The van der Waals surface area contributed by atoms with Gasteiger partial charge in [0.15, 0.2) is 5.96 Å². The zero-order valence-electron chi connectivity index (χ0n) is 13.9. The molecular formula is C18H25N5. The fourth-order valence-corrected chi connectivity index (χ4v) is 2.61. The Morgan fingerprint density at radius 2 is 2.22 bits per heavy atom. The van der Waals surface area contributed by atoms with Crippen LogP contribution >= 0.6 is 0 Å². The summed E-state index contributed by atoms with van der Waals surface area (Å²) in [6, 6.07) is 9.17. The zero-order chi connectivity index (χ0) is 16.1. The van der Waals surface area contributed by atoms with Crippen LogP contribution in [0.5, 0.6) is 0 Å². The minimum atomic E-state index is 0.584. The first-order chi connectivity index (χ1) is 11.2. The van der Waals surface area contributed by atoms with E-state index < -0.39 is 0 Å². The standard InChI is InChI=1S/C18H25N5/c1-3-20-18(22-17-9-14(17)2)21-11-15-5-4-6-16(10-15)12-23-8-7-19-13-23/h4-8,10,13-14,17H,3,9,11-12H2,1-2H3,(H2,20,21,22). The molecule has 3 rings (SSSR count). The van der Waals surface area contributed by atoms with Crippen molar-refractivity contribution in [1.29, 1.82) is 0 Å². The number of hydrogen-bond acceptors (Lipinski definition) is 2. The maximum absolute atomic E-state index is 4.71. The quantitative estimate of drug-likeness (QED) is 0.636. The van der Waals surface area contributed by atoms with E-state index in [0.29, 0.717) is 12.6 Å². The second-order valence-electron chi connectivity index (χ2n) is 6.21. The summed E-state index contributed by atoms with van der Waals surface area (Å²) in [4.78, 5) is 8.80. The molecule has 5 heteroatoms. The number of aliphatic imine (C=N–C) groups is 1. The first-order valence-corrected chi connectivity index (χ1v) is 8.33. The van der Waals surface area contributed by atoms with Crippen molar-refractivity contribution in [2.24, 2.45) is 10.9 Å². The van der Waals surface area contributed by atoms with Crippen molar-refractivity contribution in [3.05, 3.63) is 54.1 Å². The van der Waals surface area contributed by atoms with Gasteiger partial charge in [-0.1, -0.05) is 31.2 Å². The normalized spacial score (nSPS) is 20.3. The molecule has 1 aliphatic rings. The lowest BCUT2D eigenvalue weighted by Gasteiger charge is -2.11. The summed E-state index contributed by atoms with van der Waals surface area (Å²) in [6.45, 7) is 6.78. The van der Waals surface area contributed by atoms with Gasteiger partial charge >= 0.3 is 0 Å². The fourth-order valence-electron chi connectivity index (χ4n) is 2.61. The summed E-state index contributed by atoms with van der Waals surface area (Å²) in [7, 11) is 0. The van der Waals surface area contributed by atoms with Crippen LogP contribution in [0.3, 0.4) is 0 Å². The van der Waals surface area contributed by atoms with Gasteiger partial charge in [0, 0.05) is 31.5 Å². The van der Waals surface area contributed by atoms with Crippen molar-refractivity contribution in [2.45, 2.75) is 39.4 Å². The fraction of sp³-hybridized carbons (Fsp3) is 0.444. The van der Waals surface area contributed by atoms with Crippen LogP contribution < -0.4 is 10.6 Å². The van der Waals surface area contributed by atoms with E-state index in [1.807, 2.05) is 12.5 Å². The summed E-state index contributed by atoms with van der Waals surface area (Å²) in [5.74, 6) is 1.68. The van der Waals surface area contributed by atoms with Crippen LogP contribution in [0.4, 0.5) is 0 Å². The molecule has 1 saturated carbocycles. The molecule has 5 nitrogen and oxygen atoms in total. The van der Waals surface area contributed by atoms with Gasteiger partial charge in [0.05, 0.1) is 12.9 Å². The molecule has 0 spiro atoms. The Hall–Kier alpha value is -2.30. The van der Waals surface area contributed by atoms with Crippen molar-refractivity contribution in [3.63, 3.8) is 0 Å². The van der Waals surface area contributed by atoms with Gasteiger partial charge in [0.2, 0.25) is 0 Å². The first-order valence-electron chi connectivity index (χ1n) is 8.33. The second kappa shape index (κ2) is 7.31. The highest BCUT2D eigenvalue weighted by Gasteiger charge is 2.33. The van der Waals surface area contributed by atoms with Gasteiger partial charge in [-0.3, -0.25) is 0 Å². The summed E-state index contributed by atoms with van der Waals surface area (Å²) in [6.07, 6.45) is 6.87. The molecule has 1 heterocycles. The summed E-state index contributed by atoms with van der Waals surface area (Å²) in [5.41, 5.74) is 2.49. The average Bonchev–Trinajstić information content (AvgIpc) is 3.00. The molecule has 0 amide bonds. The molecule has 0 saturated heterocycles. The molecule has 1 aromatic heterocycles. The molecular weight excluding hydrogens is 286 g/mol. The van der Waals surface area contributed by atoms with Gasteiger partial charge in [0.1, 0.15) is 0 Å². The predicted molar refractivity (Wildman–Crippen MR) is 93.3 cm³/mol. The Labute approximate surface area is 137 Å². The molecule has 1 fully saturated rings. The molecule has 2 aromatic rings. The Balaban J connectivity index is 1.62. The number of nitrogens with zero attached hydrogens (tertiary/aromatic N) is 3. The topological polar surface area (TPSA) is 54.2 Å². The maximum atomic E-state index is 4.71. The minimum Gasteiger partial charge on any atom is -0.357 e. The highest BCUT2D eigenvalue weighted by molar-refractivity contribution is 5.80. The molecule has 0 aliphatic heterocycles. The summed E-state index contributed by atoms with van der Waals surface area (Å²) < 4.78 is 2.07. The highest BCUT2D eigenvalue weighted by atomic mass is 15.2. The Bertz CT molecular complexity index is 647. The third-order valence-electron chi connectivity index (χ3n) is 4.11. The van der Waals surface area contributed by atoms with Crippen LogP contribution in [-0.4, -0.2) is 28.1 Å². The lowest BCUT2D eigenvalue weighted by atomic mass is 10.1. The van der Waals surface area contributed by atoms with Crippen LogP contribution in [-0.2, 0) is 13.1 Å². The lowest BCUT2D eigenvalue weighted by Crippen LogP contribution is -2.39. The van der Waals surface area contributed by atoms with E-state index >= 15 is 0 Å². The molecule has 1 aromatic carbocycles. The minimum absolute atomic E-state index is 0.584. The number of aromatic nitrogens is 2. The summed E-state index contributed by atoms with van der Waals surface area (Å²) in [5, 5.41) is 6.81. The van der Waals surface area contributed by atoms with Crippen LogP contribution in [0.15, 0.2) is 48.0 Å². The smallest absolute Gasteiger partial charge is 0.191 e. The van der Waals surface area contributed by atoms with Crippen molar-refractivity contribution in [3.8, 4) is 0 Å². The molecule has 2 atom stereocenters. The average molecular weight is 311 g/mol. The lowest BCUT2D eigenvalue weighted by molar-refractivity contribution is 0.765. The molecule has 122 valence electrons. The monoisotopic (exact) mass is 311 g/mol. The first kappa shape index (κ1) is 15.6. The number of hydrogen-bond donors (Lipinski definition) is 2. The third-order valence-corrected chi connectivity index (χ3v) is 4.11. The molecule has 0 radical (unpaired) electrons. The number of rotatable bonds is 6. The van der Waals surface area contributed by atoms with Crippen molar-refractivity contribution < 1.29 is 0 Å². The number of imidazole rings is 1. The van der Waals surface area contributed by atoms with E-state index in [2.05, 4.69) is 58.3 Å². The third kappa shape index (κ3) is 4.58. The van der Waals surface area contributed by atoms with Gasteiger partial charge in [-0.25, -0.2) is 9.98 Å². The predicted octanol–water partition coefficient (Wildman–Crippen LogP) is 2.39. The second-order valence-corrected chi connectivity index (χ2v) is 6.21. The van der Waals surface area contributed by atoms with Crippen molar-refractivity contribution >= 4 is 5.96 Å². The van der Waals surface area contributed by atoms with E-state index in [1.54, 1.807) is 6.20 Å². The van der Waals surface area contributed by atoms with E-state index in [0.717, 1.165) is 25.0 Å². The van der Waals surface area contributed by atoms with Crippen molar-refractivity contribution in [1.82, 2.24) is 20.2 Å². The highest BCUT2D eigenvalue weighted by Crippen LogP contribution is 2.28. The van der Waals surface area contributed by atoms with Crippen LogP contribution in [0.1, 0.15) is 31.4 Å². The molecule has 23 heavy (non-hydrogen) atoms. The van der Waals surface area contributed by atoms with E-state index in [1.165, 1.54) is 17.5 Å². The van der Waals surface area contributed by atoms with Gasteiger partial charge in [0.25, 0.3) is 0 Å². The van der Waals surface area contributed by atoms with E-state index in [9.17, 15) is 0 Å². The zero-order valence-corrected chi connectivity index (χ0v) is 13.9. The Morgan fingerprint density at radius 1 is 1.39 bits per heavy atom. The van der Waals surface area contributed by atoms with Gasteiger partial charge < -0.3 is 15.2 Å². The molecule has 0 bridgehead atoms. The van der Waals surface area contributed by atoms with E-state index in [-0.39, 0.29) is 0 Å². The number of nitrogens with one attached hydrogen (secondary N) is 2. The van der Waals surface area contributed by atoms with Crippen LogP contribution in [0.25, 0.3) is 0 Å². The number of benzene rings is 1. The van der Waals surface area contributed by atoms with Crippen LogP contribution in [0, 0.1) is 5.92 Å². The van der Waals surface area contributed by atoms with Gasteiger partial charge in [-0.05, 0) is 30.4 Å². The molecule has 2 N–H and O–H groups in total. The molecule has 1 aliphatic carbocycles.